The van der Waals surface area contributed by atoms with Crippen molar-refractivity contribution in [3.8, 4) is 0 Å². The van der Waals surface area contributed by atoms with Gasteiger partial charge in [-0.2, -0.15) is 0 Å². The summed E-state index contributed by atoms with van der Waals surface area (Å²) in [4.78, 5) is 11.6. The standard InChI is InChI=1S/C16H29N5OS/c1-3-15-20-14(13-23-15)5-6-18-16(17-4-2)19-7-8-21-9-11-22-12-10-21/h13H,3-12H2,1-2H3,(H2,17,18,19). The lowest BCUT2D eigenvalue weighted by Gasteiger charge is -2.25. The monoisotopic (exact) mass is 339 g/mol. The molecule has 1 fully saturated rings. The Morgan fingerprint density at radius 1 is 1.35 bits per heavy atom. The zero-order valence-electron chi connectivity index (χ0n) is 14.3. The van der Waals surface area contributed by atoms with Crippen molar-refractivity contribution < 1.29 is 4.74 Å². The molecule has 0 unspecified atom stereocenters. The van der Waals surface area contributed by atoms with Crippen LogP contribution in [0.3, 0.4) is 0 Å². The maximum absolute atomic E-state index is 5.36. The molecule has 0 spiro atoms. The number of thiazole rings is 1. The van der Waals surface area contributed by atoms with Gasteiger partial charge in [0, 0.05) is 44.5 Å². The number of aromatic nitrogens is 1. The van der Waals surface area contributed by atoms with E-state index < -0.39 is 0 Å². The Morgan fingerprint density at radius 2 is 2.17 bits per heavy atom. The topological polar surface area (TPSA) is 61.8 Å². The minimum Gasteiger partial charge on any atom is -0.379 e. The van der Waals surface area contributed by atoms with Gasteiger partial charge in [-0.25, -0.2) is 4.98 Å². The number of hydrogen-bond acceptors (Lipinski definition) is 5. The Labute approximate surface area is 143 Å². The fourth-order valence-electron chi connectivity index (χ4n) is 2.40. The van der Waals surface area contributed by atoms with Crippen LogP contribution < -0.4 is 10.6 Å². The largest absolute Gasteiger partial charge is 0.379 e. The fraction of sp³-hybridized carbons (Fsp3) is 0.750. The molecular weight excluding hydrogens is 310 g/mol. The van der Waals surface area contributed by atoms with Crippen LogP contribution in [-0.4, -0.2) is 68.3 Å². The van der Waals surface area contributed by atoms with Crippen LogP contribution in [0.5, 0.6) is 0 Å². The molecule has 0 atom stereocenters. The third-order valence-electron chi connectivity index (χ3n) is 3.71. The normalized spacial score (nSPS) is 16.5. The molecule has 23 heavy (non-hydrogen) atoms. The zero-order chi connectivity index (χ0) is 16.3. The van der Waals surface area contributed by atoms with Gasteiger partial charge in [0.2, 0.25) is 0 Å². The van der Waals surface area contributed by atoms with E-state index in [0.29, 0.717) is 0 Å². The average Bonchev–Trinajstić information content (AvgIpc) is 3.04. The van der Waals surface area contributed by atoms with Gasteiger partial charge in [-0.15, -0.1) is 11.3 Å². The summed E-state index contributed by atoms with van der Waals surface area (Å²) in [6, 6.07) is 0. The van der Waals surface area contributed by atoms with E-state index in [9.17, 15) is 0 Å². The van der Waals surface area contributed by atoms with E-state index >= 15 is 0 Å². The summed E-state index contributed by atoms with van der Waals surface area (Å²) < 4.78 is 5.36. The minimum absolute atomic E-state index is 0.812. The van der Waals surface area contributed by atoms with Crippen LogP contribution in [0.25, 0.3) is 0 Å². The average molecular weight is 340 g/mol. The Balaban J connectivity index is 1.70. The van der Waals surface area contributed by atoms with Crippen molar-refractivity contribution in [2.75, 3.05) is 52.5 Å². The maximum atomic E-state index is 5.36. The van der Waals surface area contributed by atoms with E-state index in [1.807, 2.05) is 0 Å². The quantitative estimate of drug-likeness (QED) is 0.549. The number of aryl methyl sites for hydroxylation is 1. The van der Waals surface area contributed by atoms with Gasteiger partial charge < -0.3 is 15.4 Å². The number of rotatable bonds is 8. The first-order valence-corrected chi connectivity index (χ1v) is 9.45. The van der Waals surface area contributed by atoms with Crippen molar-refractivity contribution in [1.29, 1.82) is 0 Å². The van der Waals surface area contributed by atoms with E-state index in [1.165, 1.54) is 10.7 Å². The molecule has 2 rings (SSSR count). The molecule has 1 saturated heterocycles. The predicted molar refractivity (Wildman–Crippen MR) is 96.4 cm³/mol. The molecule has 2 heterocycles. The fourth-order valence-corrected chi connectivity index (χ4v) is 3.18. The minimum atomic E-state index is 0.812. The SMILES string of the molecule is CCNC(=NCCN1CCOCC1)NCCc1csc(CC)n1. The highest BCUT2D eigenvalue weighted by Crippen LogP contribution is 2.10. The number of ether oxygens (including phenoxy) is 1. The van der Waals surface area contributed by atoms with E-state index in [2.05, 4.69) is 44.7 Å². The smallest absolute Gasteiger partial charge is 0.191 e. The molecule has 7 heteroatoms. The second-order valence-electron chi connectivity index (χ2n) is 5.48. The number of aliphatic imine (C=N–C) groups is 1. The van der Waals surface area contributed by atoms with Gasteiger partial charge in [0.25, 0.3) is 0 Å². The molecule has 1 aromatic rings. The third-order valence-corrected chi connectivity index (χ3v) is 4.75. The lowest BCUT2D eigenvalue weighted by atomic mass is 10.3. The Kier molecular flexibility index (Phi) is 8.35. The Bertz CT molecular complexity index is 471. The summed E-state index contributed by atoms with van der Waals surface area (Å²) in [6.07, 6.45) is 1.95. The second kappa shape index (κ2) is 10.6. The van der Waals surface area contributed by atoms with E-state index in [-0.39, 0.29) is 0 Å². The van der Waals surface area contributed by atoms with Crippen LogP contribution in [0.4, 0.5) is 0 Å². The van der Waals surface area contributed by atoms with Gasteiger partial charge in [-0.05, 0) is 13.3 Å². The van der Waals surface area contributed by atoms with E-state index in [0.717, 1.165) is 71.3 Å². The number of nitrogens with one attached hydrogen (secondary N) is 2. The first-order valence-electron chi connectivity index (χ1n) is 8.57. The lowest BCUT2D eigenvalue weighted by Crippen LogP contribution is -2.40. The Hall–Kier alpha value is -1.18. The number of guanidine groups is 1. The van der Waals surface area contributed by atoms with Crippen molar-refractivity contribution in [1.82, 2.24) is 20.5 Å². The van der Waals surface area contributed by atoms with Gasteiger partial charge in [-0.3, -0.25) is 9.89 Å². The van der Waals surface area contributed by atoms with Crippen LogP contribution in [-0.2, 0) is 17.6 Å². The van der Waals surface area contributed by atoms with Gasteiger partial charge >= 0.3 is 0 Å². The molecular formula is C16H29N5OS. The molecule has 130 valence electrons. The van der Waals surface area contributed by atoms with Crippen molar-refractivity contribution in [3.05, 3.63) is 16.1 Å². The number of nitrogens with zero attached hydrogens (tertiary/aromatic N) is 3. The van der Waals surface area contributed by atoms with Crippen molar-refractivity contribution in [3.63, 3.8) is 0 Å². The summed E-state index contributed by atoms with van der Waals surface area (Å²) in [6.45, 7) is 11.5. The molecule has 1 aliphatic rings. The molecule has 0 aliphatic carbocycles. The summed E-state index contributed by atoms with van der Waals surface area (Å²) in [5.41, 5.74) is 1.17. The highest BCUT2D eigenvalue weighted by Gasteiger charge is 2.09. The first-order chi connectivity index (χ1) is 11.3. The van der Waals surface area contributed by atoms with Crippen LogP contribution in [0.1, 0.15) is 24.5 Å². The molecule has 1 aliphatic heterocycles. The molecule has 6 nitrogen and oxygen atoms in total. The molecule has 0 saturated carbocycles. The summed E-state index contributed by atoms with van der Waals surface area (Å²) in [5, 5.41) is 10.1. The van der Waals surface area contributed by atoms with Crippen LogP contribution in [0.15, 0.2) is 10.4 Å². The molecule has 0 aromatic carbocycles. The number of hydrogen-bond donors (Lipinski definition) is 2. The predicted octanol–water partition coefficient (Wildman–Crippen LogP) is 1.14. The van der Waals surface area contributed by atoms with Crippen molar-refractivity contribution >= 4 is 17.3 Å². The molecule has 1 aromatic heterocycles. The summed E-state index contributed by atoms with van der Waals surface area (Å²) in [5.74, 6) is 0.895. The van der Waals surface area contributed by atoms with Crippen LogP contribution >= 0.6 is 11.3 Å². The second-order valence-corrected chi connectivity index (χ2v) is 6.42. The van der Waals surface area contributed by atoms with Gasteiger partial charge in [0.05, 0.1) is 30.5 Å². The summed E-state index contributed by atoms with van der Waals surface area (Å²) >= 11 is 1.75. The van der Waals surface area contributed by atoms with Gasteiger partial charge in [-0.1, -0.05) is 6.92 Å². The van der Waals surface area contributed by atoms with Crippen molar-refractivity contribution in [2.24, 2.45) is 4.99 Å². The van der Waals surface area contributed by atoms with Crippen LogP contribution in [0, 0.1) is 0 Å². The van der Waals surface area contributed by atoms with E-state index in [1.54, 1.807) is 11.3 Å². The van der Waals surface area contributed by atoms with Gasteiger partial charge in [0.1, 0.15) is 0 Å². The summed E-state index contributed by atoms with van der Waals surface area (Å²) in [7, 11) is 0. The number of morpholine rings is 1. The first kappa shape index (κ1) is 18.2. The maximum Gasteiger partial charge on any atom is 0.191 e. The molecule has 2 N–H and O–H groups in total. The lowest BCUT2D eigenvalue weighted by molar-refractivity contribution is 0.0394. The van der Waals surface area contributed by atoms with Crippen LogP contribution in [0.2, 0.25) is 0 Å². The highest BCUT2D eigenvalue weighted by molar-refractivity contribution is 7.09. The molecule has 0 bridgehead atoms. The van der Waals surface area contributed by atoms with Crippen molar-refractivity contribution in [2.45, 2.75) is 26.7 Å². The molecule has 0 radical (unpaired) electrons. The Morgan fingerprint density at radius 3 is 2.87 bits per heavy atom. The van der Waals surface area contributed by atoms with E-state index in [4.69, 9.17) is 4.74 Å². The zero-order valence-corrected chi connectivity index (χ0v) is 15.1. The van der Waals surface area contributed by atoms with Gasteiger partial charge in [0.15, 0.2) is 5.96 Å². The molecule has 0 amide bonds. The third kappa shape index (κ3) is 6.85. The highest BCUT2D eigenvalue weighted by atomic mass is 32.1.